The van der Waals surface area contributed by atoms with Crippen LogP contribution in [0.3, 0.4) is 0 Å². The first-order chi connectivity index (χ1) is 11.2. The molecule has 2 aromatic rings. The minimum absolute atomic E-state index is 0.615. The van der Waals surface area contributed by atoms with Crippen LogP contribution in [0.4, 0.5) is 5.82 Å². The van der Waals surface area contributed by atoms with E-state index in [4.69, 9.17) is 4.74 Å². The van der Waals surface area contributed by atoms with Crippen molar-refractivity contribution in [3.63, 3.8) is 0 Å². The van der Waals surface area contributed by atoms with E-state index in [0.717, 1.165) is 31.4 Å². The number of ether oxygens (including phenoxy) is 1. The standard InChI is InChI=1S/C17H22N4OS/c1-12-3-4-14(23-12)10-20-8-5-13-9-21(11-15(13)20)16-17(22-2)19-7-6-18-16/h3-4,6-7,13,15H,5,8-11H2,1-2H3/t13-,15+/m1/s1. The summed E-state index contributed by atoms with van der Waals surface area (Å²) in [5, 5.41) is 0. The van der Waals surface area contributed by atoms with Crippen LogP contribution >= 0.6 is 11.3 Å². The van der Waals surface area contributed by atoms with Crippen LogP contribution in [0.2, 0.25) is 0 Å². The quantitative estimate of drug-likeness (QED) is 0.862. The van der Waals surface area contributed by atoms with E-state index in [1.54, 1.807) is 19.5 Å². The van der Waals surface area contributed by atoms with Crippen LogP contribution in [0, 0.1) is 12.8 Å². The predicted molar refractivity (Wildman–Crippen MR) is 92.2 cm³/mol. The lowest BCUT2D eigenvalue weighted by Crippen LogP contribution is -2.34. The van der Waals surface area contributed by atoms with Crippen molar-refractivity contribution in [3.8, 4) is 5.88 Å². The molecule has 4 rings (SSSR count). The third kappa shape index (κ3) is 2.81. The fourth-order valence-corrected chi connectivity index (χ4v) is 4.78. The van der Waals surface area contributed by atoms with Crippen molar-refractivity contribution in [2.75, 3.05) is 31.6 Å². The first kappa shape index (κ1) is 14.9. The minimum atomic E-state index is 0.615. The summed E-state index contributed by atoms with van der Waals surface area (Å²) in [6.45, 7) is 6.53. The molecule has 23 heavy (non-hydrogen) atoms. The van der Waals surface area contributed by atoms with Gasteiger partial charge >= 0.3 is 0 Å². The van der Waals surface area contributed by atoms with Crippen molar-refractivity contribution < 1.29 is 4.74 Å². The molecule has 0 unspecified atom stereocenters. The minimum Gasteiger partial charge on any atom is -0.478 e. The van der Waals surface area contributed by atoms with Gasteiger partial charge in [0.25, 0.3) is 5.88 Å². The van der Waals surface area contributed by atoms with Crippen molar-refractivity contribution >= 4 is 17.2 Å². The maximum absolute atomic E-state index is 5.38. The van der Waals surface area contributed by atoms with E-state index in [-0.39, 0.29) is 0 Å². The summed E-state index contributed by atoms with van der Waals surface area (Å²) in [4.78, 5) is 16.6. The van der Waals surface area contributed by atoms with Gasteiger partial charge in [0.15, 0.2) is 5.82 Å². The molecule has 0 amide bonds. The number of hydrogen-bond acceptors (Lipinski definition) is 6. The van der Waals surface area contributed by atoms with Crippen LogP contribution < -0.4 is 9.64 Å². The van der Waals surface area contributed by atoms with Crippen molar-refractivity contribution in [2.45, 2.75) is 25.9 Å². The van der Waals surface area contributed by atoms with Crippen molar-refractivity contribution in [3.05, 3.63) is 34.3 Å². The summed E-state index contributed by atoms with van der Waals surface area (Å²) in [5.41, 5.74) is 0. The summed E-state index contributed by atoms with van der Waals surface area (Å²) in [5.74, 6) is 2.24. The Kier molecular flexibility index (Phi) is 3.95. The lowest BCUT2D eigenvalue weighted by molar-refractivity contribution is 0.248. The van der Waals surface area contributed by atoms with Gasteiger partial charge in [-0.1, -0.05) is 0 Å². The molecule has 6 heteroatoms. The molecule has 2 atom stereocenters. The molecule has 0 radical (unpaired) electrons. The van der Waals surface area contributed by atoms with E-state index in [2.05, 4.69) is 38.8 Å². The second kappa shape index (κ2) is 6.09. The van der Waals surface area contributed by atoms with Crippen LogP contribution in [-0.2, 0) is 6.54 Å². The predicted octanol–water partition coefficient (Wildman–Crippen LogP) is 2.57. The number of aromatic nitrogens is 2. The maximum Gasteiger partial charge on any atom is 0.257 e. The zero-order chi connectivity index (χ0) is 15.8. The van der Waals surface area contributed by atoms with Crippen LogP contribution in [0.5, 0.6) is 5.88 Å². The van der Waals surface area contributed by atoms with E-state index in [0.29, 0.717) is 11.9 Å². The average molecular weight is 330 g/mol. The number of fused-ring (bicyclic) bond motifs is 1. The number of aryl methyl sites for hydroxylation is 1. The number of anilines is 1. The van der Waals surface area contributed by atoms with E-state index in [9.17, 15) is 0 Å². The van der Waals surface area contributed by atoms with Crippen LogP contribution in [0.25, 0.3) is 0 Å². The van der Waals surface area contributed by atoms with E-state index in [1.165, 1.54) is 22.7 Å². The zero-order valence-electron chi connectivity index (χ0n) is 13.6. The molecule has 2 saturated heterocycles. The first-order valence-electron chi connectivity index (χ1n) is 8.14. The zero-order valence-corrected chi connectivity index (χ0v) is 14.4. The Bertz CT molecular complexity index is 689. The molecule has 2 aliphatic rings. The van der Waals surface area contributed by atoms with Gasteiger partial charge in [-0.3, -0.25) is 4.90 Å². The summed E-state index contributed by atoms with van der Waals surface area (Å²) in [7, 11) is 1.66. The Morgan fingerprint density at radius 1 is 1.26 bits per heavy atom. The van der Waals surface area contributed by atoms with Gasteiger partial charge in [-0.05, 0) is 37.9 Å². The Morgan fingerprint density at radius 2 is 2.13 bits per heavy atom. The number of thiophene rings is 1. The second-order valence-corrected chi connectivity index (χ2v) is 7.77. The van der Waals surface area contributed by atoms with Gasteiger partial charge < -0.3 is 9.64 Å². The van der Waals surface area contributed by atoms with Crippen LogP contribution in [0.1, 0.15) is 16.2 Å². The SMILES string of the molecule is COc1nccnc1N1C[C@H]2CCN(Cc3ccc(C)s3)[C@H]2C1. The Morgan fingerprint density at radius 3 is 2.91 bits per heavy atom. The first-order valence-corrected chi connectivity index (χ1v) is 8.95. The largest absolute Gasteiger partial charge is 0.478 e. The summed E-state index contributed by atoms with van der Waals surface area (Å²) < 4.78 is 5.38. The molecule has 2 fully saturated rings. The van der Waals surface area contributed by atoms with Gasteiger partial charge in [0.2, 0.25) is 0 Å². The third-order valence-corrected chi connectivity index (χ3v) is 5.94. The van der Waals surface area contributed by atoms with Gasteiger partial charge in [-0.2, -0.15) is 0 Å². The van der Waals surface area contributed by atoms with Crippen LogP contribution in [-0.4, -0.2) is 47.7 Å². The molecule has 0 aromatic carbocycles. The molecule has 0 saturated carbocycles. The Labute approximate surface area is 140 Å². The highest BCUT2D eigenvalue weighted by Gasteiger charge is 2.42. The number of methoxy groups -OCH3 is 1. The van der Waals surface area contributed by atoms with E-state index < -0.39 is 0 Å². The monoisotopic (exact) mass is 330 g/mol. The molecule has 122 valence electrons. The number of nitrogens with zero attached hydrogens (tertiary/aromatic N) is 4. The molecular formula is C17H22N4OS. The fourth-order valence-electron chi connectivity index (χ4n) is 3.87. The van der Waals surface area contributed by atoms with Gasteiger partial charge in [0.05, 0.1) is 7.11 Å². The van der Waals surface area contributed by atoms with Crippen LogP contribution in [0.15, 0.2) is 24.5 Å². The molecule has 2 aromatic heterocycles. The summed E-state index contributed by atoms with van der Waals surface area (Å²) >= 11 is 1.91. The molecule has 0 N–H and O–H groups in total. The molecule has 2 aliphatic heterocycles. The van der Waals surface area contributed by atoms with Gasteiger partial charge in [-0.15, -0.1) is 11.3 Å². The topological polar surface area (TPSA) is 41.5 Å². The Hall–Kier alpha value is -1.66. The average Bonchev–Trinajstić information content (AvgIpc) is 3.25. The molecule has 4 heterocycles. The highest BCUT2D eigenvalue weighted by Crippen LogP contribution is 2.36. The van der Waals surface area contributed by atoms with Crippen molar-refractivity contribution in [2.24, 2.45) is 5.92 Å². The second-order valence-electron chi connectivity index (χ2n) is 6.39. The van der Waals surface area contributed by atoms with Gasteiger partial charge in [0, 0.05) is 47.8 Å². The molecule has 0 bridgehead atoms. The van der Waals surface area contributed by atoms with Gasteiger partial charge in [0.1, 0.15) is 0 Å². The lowest BCUT2D eigenvalue weighted by Gasteiger charge is -2.25. The molecular weight excluding hydrogens is 308 g/mol. The van der Waals surface area contributed by atoms with Crippen molar-refractivity contribution in [1.82, 2.24) is 14.9 Å². The smallest absolute Gasteiger partial charge is 0.257 e. The third-order valence-electron chi connectivity index (χ3n) is 4.96. The Balaban J connectivity index is 1.48. The fraction of sp³-hybridized carbons (Fsp3) is 0.529. The maximum atomic E-state index is 5.38. The lowest BCUT2D eigenvalue weighted by atomic mass is 10.1. The number of rotatable bonds is 4. The van der Waals surface area contributed by atoms with E-state index >= 15 is 0 Å². The highest BCUT2D eigenvalue weighted by atomic mass is 32.1. The molecule has 0 spiro atoms. The number of likely N-dealkylation sites (tertiary alicyclic amines) is 1. The van der Waals surface area contributed by atoms with Crippen molar-refractivity contribution in [1.29, 1.82) is 0 Å². The molecule has 5 nitrogen and oxygen atoms in total. The summed E-state index contributed by atoms with van der Waals surface area (Å²) in [6.07, 6.45) is 4.71. The number of hydrogen-bond donors (Lipinski definition) is 0. The van der Waals surface area contributed by atoms with Gasteiger partial charge in [-0.25, -0.2) is 9.97 Å². The summed E-state index contributed by atoms with van der Waals surface area (Å²) in [6, 6.07) is 5.11. The normalized spacial score (nSPS) is 24.2. The highest BCUT2D eigenvalue weighted by molar-refractivity contribution is 7.11. The molecule has 0 aliphatic carbocycles. The van der Waals surface area contributed by atoms with E-state index in [1.807, 2.05) is 11.3 Å².